The van der Waals surface area contributed by atoms with Crippen molar-refractivity contribution >= 4 is 29.1 Å². The number of urea groups is 1. The molecule has 3 amide bonds. The van der Waals surface area contributed by atoms with E-state index in [2.05, 4.69) is 11.4 Å². The average molecular weight is 252 g/mol. The quantitative estimate of drug-likeness (QED) is 0.573. The SMILES string of the molecule is CN1C(=O)NC(=O)C(C)(C2=CCCCC2)C1=S. The summed E-state index contributed by atoms with van der Waals surface area (Å²) < 4.78 is 0. The number of nitrogens with zero attached hydrogens (tertiary/aromatic N) is 1. The lowest BCUT2D eigenvalue weighted by atomic mass is 9.75. The first-order chi connectivity index (χ1) is 7.98. The van der Waals surface area contributed by atoms with E-state index < -0.39 is 11.4 Å². The number of hydrogen-bond acceptors (Lipinski definition) is 3. The summed E-state index contributed by atoms with van der Waals surface area (Å²) in [6.07, 6.45) is 6.20. The van der Waals surface area contributed by atoms with Crippen LogP contribution >= 0.6 is 12.2 Å². The lowest BCUT2D eigenvalue weighted by molar-refractivity contribution is -0.125. The molecule has 2 aliphatic rings. The number of carbonyl (C=O) groups is 2. The molecule has 92 valence electrons. The van der Waals surface area contributed by atoms with Crippen molar-refractivity contribution in [2.45, 2.75) is 32.6 Å². The van der Waals surface area contributed by atoms with Gasteiger partial charge in [0.1, 0.15) is 10.4 Å². The largest absolute Gasteiger partial charge is 0.328 e. The van der Waals surface area contributed by atoms with Crippen LogP contribution in [-0.2, 0) is 4.79 Å². The number of thiocarbonyl (C=S) groups is 1. The number of rotatable bonds is 1. The molecule has 0 aromatic rings. The number of imide groups is 1. The molecule has 0 saturated carbocycles. The van der Waals surface area contributed by atoms with E-state index in [0.29, 0.717) is 4.99 Å². The Morgan fingerprint density at radius 3 is 2.71 bits per heavy atom. The molecule has 5 heteroatoms. The summed E-state index contributed by atoms with van der Waals surface area (Å²) in [5, 5.41) is 2.37. The van der Waals surface area contributed by atoms with E-state index in [0.717, 1.165) is 31.3 Å². The number of amides is 3. The predicted octanol–water partition coefficient (Wildman–Crippen LogP) is 2.00. The minimum Gasteiger partial charge on any atom is -0.290 e. The molecular weight excluding hydrogens is 236 g/mol. The van der Waals surface area contributed by atoms with Crippen LogP contribution in [0.2, 0.25) is 0 Å². The van der Waals surface area contributed by atoms with E-state index in [-0.39, 0.29) is 5.91 Å². The van der Waals surface area contributed by atoms with Crippen LogP contribution < -0.4 is 5.32 Å². The Kier molecular flexibility index (Phi) is 3.03. The van der Waals surface area contributed by atoms with Crippen LogP contribution in [0.5, 0.6) is 0 Å². The Morgan fingerprint density at radius 1 is 1.41 bits per heavy atom. The normalized spacial score (nSPS) is 30.1. The number of carbonyl (C=O) groups excluding carboxylic acids is 2. The van der Waals surface area contributed by atoms with E-state index in [1.165, 1.54) is 4.90 Å². The van der Waals surface area contributed by atoms with Gasteiger partial charge in [-0.15, -0.1) is 0 Å². The second-order valence-corrected chi connectivity index (χ2v) is 5.11. The Balaban J connectivity index is 2.40. The first kappa shape index (κ1) is 12.2. The van der Waals surface area contributed by atoms with Crippen molar-refractivity contribution in [2.24, 2.45) is 5.41 Å². The molecule has 0 radical (unpaired) electrons. The van der Waals surface area contributed by atoms with Gasteiger partial charge >= 0.3 is 6.03 Å². The maximum atomic E-state index is 12.1. The third-order valence-corrected chi connectivity index (χ3v) is 4.33. The van der Waals surface area contributed by atoms with Crippen LogP contribution in [0.1, 0.15) is 32.6 Å². The van der Waals surface area contributed by atoms with E-state index in [1.807, 2.05) is 6.92 Å². The highest BCUT2D eigenvalue weighted by Crippen LogP contribution is 2.38. The summed E-state index contributed by atoms with van der Waals surface area (Å²) in [6.45, 7) is 1.81. The Bertz CT molecular complexity index is 430. The first-order valence-electron chi connectivity index (χ1n) is 5.81. The van der Waals surface area contributed by atoms with E-state index in [1.54, 1.807) is 7.05 Å². The lowest BCUT2D eigenvalue weighted by Gasteiger charge is -2.40. The minimum atomic E-state index is -0.835. The summed E-state index contributed by atoms with van der Waals surface area (Å²) in [6, 6.07) is -0.436. The van der Waals surface area contributed by atoms with Crippen LogP contribution in [0.3, 0.4) is 0 Å². The zero-order valence-electron chi connectivity index (χ0n) is 10.1. The highest BCUT2D eigenvalue weighted by molar-refractivity contribution is 7.80. The zero-order chi connectivity index (χ0) is 12.6. The molecule has 1 N–H and O–H groups in total. The smallest absolute Gasteiger partial charge is 0.290 e. The van der Waals surface area contributed by atoms with E-state index >= 15 is 0 Å². The van der Waals surface area contributed by atoms with Crippen molar-refractivity contribution in [3.05, 3.63) is 11.6 Å². The molecule has 1 heterocycles. The molecule has 1 atom stereocenters. The molecule has 2 rings (SSSR count). The topological polar surface area (TPSA) is 49.4 Å². The minimum absolute atomic E-state index is 0.293. The van der Waals surface area contributed by atoms with Gasteiger partial charge in [-0.2, -0.15) is 0 Å². The Labute approximate surface area is 106 Å². The highest BCUT2D eigenvalue weighted by Gasteiger charge is 2.48. The van der Waals surface area contributed by atoms with Crippen LogP contribution in [0, 0.1) is 5.41 Å². The third-order valence-electron chi connectivity index (χ3n) is 3.64. The summed E-state index contributed by atoms with van der Waals surface area (Å²) in [4.78, 5) is 25.3. The Morgan fingerprint density at radius 2 is 2.12 bits per heavy atom. The predicted molar refractivity (Wildman–Crippen MR) is 68.6 cm³/mol. The van der Waals surface area contributed by atoms with Crippen molar-refractivity contribution in [1.29, 1.82) is 0 Å². The molecule has 4 nitrogen and oxygen atoms in total. The van der Waals surface area contributed by atoms with Crippen molar-refractivity contribution in [3.8, 4) is 0 Å². The van der Waals surface area contributed by atoms with Crippen molar-refractivity contribution in [2.75, 3.05) is 7.05 Å². The van der Waals surface area contributed by atoms with Crippen molar-refractivity contribution < 1.29 is 9.59 Å². The van der Waals surface area contributed by atoms with Gasteiger partial charge in [-0.3, -0.25) is 15.0 Å². The fourth-order valence-electron chi connectivity index (χ4n) is 2.41. The number of allylic oxidation sites excluding steroid dienone is 1. The summed E-state index contributed by atoms with van der Waals surface area (Å²) >= 11 is 5.30. The van der Waals surface area contributed by atoms with Crippen LogP contribution in [-0.4, -0.2) is 28.9 Å². The molecule has 1 unspecified atom stereocenters. The molecule has 1 saturated heterocycles. The molecule has 1 aliphatic carbocycles. The van der Waals surface area contributed by atoms with Crippen LogP contribution in [0.15, 0.2) is 11.6 Å². The van der Waals surface area contributed by atoms with Crippen LogP contribution in [0.4, 0.5) is 4.79 Å². The van der Waals surface area contributed by atoms with E-state index in [4.69, 9.17) is 12.2 Å². The van der Waals surface area contributed by atoms with Gasteiger partial charge in [-0.1, -0.05) is 23.9 Å². The fourth-order valence-corrected chi connectivity index (χ4v) is 2.71. The maximum absolute atomic E-state index is 12.1. The zero-order valence-corrected chi connectivity index (χ0v) is 10.9. The van der Waals surface area contributed by atoms with Gasteiger partial charge in [-0.05, 0) is 32.6 Å². The number of nitrogens with one attached hydrogen (secondary N) is 1. The molecular formula is C12H16N2O2S. The maximum Gasteiger partial charge on any atom is 0.328 e. The first-order valence-corrected chi connectivity index (χ1v) is 6.22. The molecule has 1 fully saturated rings. The molecule has 1 aliphatic heterocycles. The van der Waals surface area contributed by atoms with Gasteiger partial charge < -0.3 is 0 Å². The van der Waals surface area contributed by atoms with Gasteiger partial charge in [0.2, 0.25) is 5.91 Å². The van der Waals surface area contributed by atoms with Gasteiger partial charge in [0, 0.05) is 7.05 Å². The fraction of sp³-hybridized carbons (Fsp3) is 0.583. The van der Waals surface area contributed by atoms with Crippen LogP contribution in [0.25, 0.3) is 0 Å². The van der Waals surface area contributed by atoms with E-state index in [9.17, 15) is 9.59 Å². The molecule has 0 aromatic carbocycles. The van der Waals surface area contributed by atoms with Gasteiger partial charge in [0.15, 0.2) is 0 Å². The average Bonchev–Trinajstić information content (AvgIpc) is 2.35. The summed E-state index contributed by atoms with van der Waals surface area (Å²) in [5.74, 6) is -0.293. The highest BCUT2D eigenvalue weighted by atomic mass is 32.1. The van der Waals surface area contributed by atoms with Gasteiger partial charge in [0.05, 0.1) is 0 Å². The third kappa shape index (κ3) is 1.78. The monoisotopic (exact) mass is 252 g/mol. The lowest BCUT2D eigenvalue weighted by Crippen LogP contribution is -2.61. The van der Waals surface area contributed by atoms with Gasteiger partial charge in [0.25, 0.3) is 0 Å². The molecule has 0 spiro atoms. The standard InChI is InChI=1S/C12H16N2O2S/c1-12(8-6-4-3-5-7-8)9(15)13-11(16)14(2)10(12)17/h6H,3-5,7H2,1-2H3,(H,13,15,16). The molecule has 17 heavy (non-hydrogen) atoms. The summed E-state index contributed by atoms with van der Waals surface area (Å²) in [7, 11) is 1.60. The second-order valence-electron chi connectivity index (χ2n) is 4.72. The number of hydrogen-bond donors (Lipinski definition) is 1. The van der Waals surface area contributed by atoms with Crippen molar-refractivity contribution in [1.82, 2.24) is 10.2 Å². The van der Waals surface area contributed by atoms with Gasteiger partial charge in [-0.25, -0.2) is 4.79 Å². The Hall–Kier alpha value is -1.23. The second kappa shape index (κ2) is 4.22. The molecule has 0 aromatic heterocycles. The summed E-state index contributed by atoms with van der Waals surface area (Å²) in [5.41, 5.74) is 0.212. The molecule has 0 bridgehead atoms. The van der Waals surface area contributed by atoms with Crippen molar-refractivity contribution in [3.63, 3.8) is 0 Å².